The minimum atomic E-state index is -4.62. The summed E-state index contributed by atoms with van der Waals surface area (Å²) >= 11 is 12.0. The Hall–Kier alpha value is -3.09. The highest BCUT2D eigenvalue weighted by atomic mass is 35.5. The van der Waals surface area contributed by atoms with Gasteiger partial charge >= 0.3 is 6.18 Å². The normalized spacial score (nSPS) is 15.4. The zero-order valence-corrected chi connectivity index (χ0v) is 17.1. The predicted octanol–water partition coefficient (Wildman–Crippen LogP) is 6.74. The number of carbonyl (C=O) groups is 2. The zero-order valence-electron chi connectivity index (χ0n) is 15.6. The standard InChI is InChI=1S/C23H12Cl2F3NO2/c24-19-9-8-13(11-20(19)25)10-18-16-6-1-2-7-17(16)21(30)29(22(18)31)15-5-3-4-14(12-15)23(26,27)28/h1-12H. The first-order chi connectivity index (χ1) is 14.7. The van der Waals surface area contributed by atoms with Crippen LogP contribution in [0, 0.1) is 0 Å². The molecule has 0 fully saturated rings. The second kappa shape index (κ2) is 7.87. The van der Waals surface area contributed by atoms with Crippen molar-refractivity contribution in [3.63, 3.8) is 0 Å². The lowest BCUT2D eigenvalue weighted by atomic mass is 9.91. The molecule has 0 unspecified atom stereocenters. The van der Waals surface area contributed by atoms with Gasteiger partial charge in [0.25, 0.3) is 11.8 Å². The van der Waals surface area contributed by atoms with Crippen molar-refractivity contribution in [2.75, 3.05) is 4.90 Å². The van der Waals surface area contributed by atoms with Crippen molar-refractivity contribution < 1.29 is 22.8 Å². The van der Waals surface area contributed by atoms with Gasteiger partial charge in [0.15, 0.2) is 0 Å². The highest BCUT2D eigenvalue weighted by Gasteiger charge is 2.37. The Labute approximate surface area is 185 Å². The van der Waals surface area contributed by atoms with E-state index in [1.165, 1.54) is 18.2 Å². The molecule has 156 valence electrons. The number of fused-ring (bicyclic) bond motifs is 1. The number of halogens is 5. The number of hydrogen-bond donors (Lipinski definition) is 0. The first-order valence-corrected chi connectivity index (χ1v) is 9.74. The Morgan fingerprint density at radius 1 is 0.774 bits per heavy atom. The van der Waals surface area contributed by atoms with Gasteiger partial charge in [-0.05, 0) is 53.6 Å². The second-order valence-corrected chi connectivity index (χ2v) is 7.59. The first-order valence-electron chi connectivity index (χ1n) is 8.99. The third-order valence-electron chi connectivity index (χ3n) is 4.77. The summed E-state index contributed by atoms with van der Waals surface area (Å²) in [5.41, 5.74) is 0.147. The Morgan fingerprint density at radius 3 is 2.16 bits per heavy atom. The molecule has 31 heavy (non-hydrogen) atoms. The number of alkyl halides is 3. The van der Waals surface area contributed by atoms with Gasteiger partial charge in [-0.3, -0.25) is 9.59 Å². The first kappa shape index (κ1) is 21.2. The summed E-state index contributed by atoms with van der Waals surface area (Å²) in [6, 6.07) is 15.3. The second-order valence-electron chi connectivity index (χ2n) is 6.77. The summed E-state index contributed by atoms with van der Waals surface area (Å²) in [6.45, 7) is 0. The maximum Gasteiger partial charge on any atom is 0.416 e. The average molecular weight is 462 g/mol. The number of anilines is 1. The van der Waals surface area contributed by atoms with Crippen LogP contribution in [0.3, 0.4) is 0 Å². The zero-order chi connectivity index (χ0) is 22.3. The van der Waals surface area contributed by atoms with Gasteiger partial charge in [-0.15, -0.1) is 0 Å². The number of imide groups is 1. The molecule has 1 aliphatic rings. The maximum atomic E-state index is 13.3. The largest absolute Gasteiger partial charge is 0.416 e. The van der Waals surface area contributed by atoms with E-state index in [0.29, 0.717) is 16.1 Å². The van der Waals surface area contributed by atoms with Crippen LogP contribution >= 0.6 is 23.2 Å². The molecule has 0 N–H and O–H groups in total. The molecular formula is C23H12Cl2F3NO2. The fraction of sp³-hybridized carbons (Fsp3) is 0.0435. The van der Waals surface area contributed by atoms with Crippen LogP contribution in [0.25, 0.3) is 11.6 Å². The molecule has 0 aromatic heterocycles. The molecule has 0 atom stereocenters. The van der Waals surface area contributed by atoms with Gasteiger partial charge in [-0.1, -0.05) is 53.5 Å². The van der Waals surface area contributed by atoms with Crippen molar-refractivity contribution in [3.05, 3.63) is 99.0 Å². The van der Waals surface area contributed by atoms with E-state index in [0.717, 1.165) is 23.1 Å². The van der Waals surface area contributed by atoms with Crippen molar-refractivity contribution >= 4 is 52.4 Å². The number of rotatable bonds is 2. The fourth-order valence-corrected chi connectivity index (χ4v) is 3.62. The van der Waals surface area contributed by atoms with Gasteiger partial charge in [-0.2, -0.15) is 13.2 Å². The molecule has 0 spiro atoms. The monoisotopic (exact) mass is 461 g/mol. The summed E-state index contributed by atoms with van der Waals surface area (Å²) in [6.07, 6.45) is -3.09. The number of hydrogen-bond acceptors (Lipinski definition) is 2. The lowest BCUT2D eigenvalue weighted by Gasteiger charge is -2.29. The van der Waals surface area contributed by atoms with Gasteiger partial charge in [0.1, 0.15) is 0 Å². The molecular weight excluding hydrogens is 450 g/mol. The highest BCUT2D eigenvalue weighted by Crippen LogP contribution is 2.37. The summed E-state index contributed by atoms with van der Waals surface area (Å²) in [5, 5.41) is 0.610. The van der Waals surface area contributed by atoms with Gasteiger partial charge < -0.3 is 0 Å². The molecule has 0 aliphatic carbocycles. The molecule has 0 saturated heterocycles. The van der Waals surface area contributed by atoms with Crippen LogP contribution in [0.4, 0.5) is 18.9 Å². The van der Waals surface area contributed by atoms with Gasteiger partial charge in [-0.25, -0.2) is 4.90 Å². The lowest BCUT2D eigenvalue weighted by molar-refractivity contribution is -0.137. The molecule has 0 bridgehead atoms. The maximum absolute atomic E-state index is 13.3. The van der Waals surface area contributed by atoms with Crippen molar-refractivity contribution in [1.82, 2.24) is 0 Å². The third kappa shape index (κ3) is 3.96. The molecule has 8 heteroatoms. The molecule has 3 nitrogen and oxygen atoms in total. The van der Waals surface area contributed by atoms with E-state index >= 15 is 0 Å². The summed E-state index contributed by atoms with van der Waals surface area (Å²) in [4.78, 5) is 27.1. The van der Waals surface area contributed by atoms with E-state index in [1.807, 2.05) is 0 Å². The smallest absolute Gasteiger partial charge is 0.268 e. The SMILES string of the molecule is O=C1C(=Cc2ccc(Cl)c(Cl)c2)c2ccccc2C(=O)N1c1cccc(C(F)(F)F)c1. The molecule has 2 amide bonds. The Morgan fingerprint density at radius 2 is 1.48 bits per heavy atom. The Bertz CT molecular complexity index is 1250. The highest BCUT2D eigenvalue weighted by molar-refractivity contribution is 6.44. The van der Waals surface area contributed by atoms with Crippen molar-refractivity contribution in [2.24, 2.45) is 0 Å². The average Bonchev–Trinajstić information content (AvgIpc) is 2.73. The Balaban J connectivity index is 1.89. The summed E-state index contributed by atoms with van der Waals surface area (Å²) < 4.78 is 39.5. The van der Waals surface area contributed by atoms with Gasteiger partial charge in [0.2, 0.25) is 0 Å². The molecule has 3 aromatic carbocycles. The fourth-order valence-electron chi connectivity index (χ4n) is 3.32. The number of carbonyl (C=O) groups excluding carboxylic acids is 2. The number of nitrogens with zero attached hydrogens (tertiary/aromatic N) is 1. The van der Waals surface area contributed by atoms with E-state index in [1.54, 1.807) is 36.4 Å². The van der Waals surface area contributed by atoms with Gasteiger partial charge in [0, 0.05) is 11.1 Å². The minimum Gasteiger partial charge on any atom is -0.268 e. The van der Waals surface area contributed by atoms with E-state index < -0.39 is 23.6 Å². The number of amides is 2. The molecule has 3 aromatic rings. The van der Waals surface area contributed by atoms with E-state index in [9.17, 15) is 22.8 Å². The molecule has 4 rings (SSSR count). The third-order valence-corrected chi connectivity index (χ3v) is 5.51. The van der Waals surface area contributed by atoms with Crippen LogP contribution in [-0.4, -0.2) is 11.8 Å². The molecule has 0 radical (unpaired) electrons. The van der Waals surface area contributed by atoms with E-state index in [4.69, 9.17) is 23.2 Å². The molecule has 1 aliphatic heterocycles. The quantitative estimate of drug-likeness (QED) is 0.313. The van der Waals surface area contributed by atoms with Crippen LogP contribution in [0.1, 0.15) is 27.0 Å². The molecule has 1 heterocycles. The predicted molar refractivity (Wildman–Crippen MR) is 114 cm³/mol. The van der Waals surface area contributed by atoms with E-state index in [-0.39, 0.29) is 21.8 Å². The summed E-state index contributed by atoms with van der Waals surface area (Å²) in [7, 11) is 0. The Kier molecular flexibility index (Phi) is 5.37. The van der Waals surface area contributed by atoms with Crippen molar-refractivity contribution in [1.29, 1.82) is 0 Å². The van der Waals surface area contributed by atoms with Crippen LogP contribution in [0.2, 0.25) is 10.0 Å². The summed E-state index contributed by atoms with van der Waals surface area (Å²) in [5.74, 6) is -1.44. The molecule has 0 saturated carbocycles. The van der Waals surface area contributed by atoms with Crippen LogP contribution < -0.4 is 4.90 Å². The van der Waals surface area contributed by atoms with Crippen molar-refractivity contribution in [3.8, 4) is 0 Å². The van der Waals surface area contributed by atoms with E-state index in [2.05, 4.69) is 0 Å². The minimum absolute atomic E-state index is 0.144. The van der Waals surface area contributed by atoms with Crippen molar-refractivity contribution in [2.45, 2.75) is 6.18 Å². The van der Waals surface area contributed by atoms with Gasteiger partial charge in [0.05, 0.1) is 21.3 Å². The lowest BCUT2D eigenvalue weighted by Crippen LogP contribution is -2.41. The topological polar surface area (TPSA) is 37.4 Å². The van der Waals surface area contributed by atoms with Crippen LogP contribution in [0.15, 0.2) is 66.7 Å². The number of benzene rings is 3. The van der Waals surface area contributed by atoms with Crippen LogP contribution in [-0.2, 0) is 11.0 Å². The van der Waals surface area contributed by atoms with Crippen LogP contribution in [0.5, 0.6) is 0 Å².